The van der Waals surface area contributed by atoms with E-state index in [1.165, 1.54) is 38.9 Å². The van der Waals surface area contributed by atoms with Crippen molar-refractivity contribution in [1.82, 2.24) is 9.80 Å². The first kappa shape index (κ1) is 15.2. The number of nitrogens with two attached hydrogens (primary N) is 1. The lowest BCUT2D eigenvalue weighted by Gasteiger charge is -2.52. The first-order valence-electron chi connectivity index (χ1n) is 7.86. The molecule has 2 aliphatic heterocycles. The van der Waals surface area contributed by atoms with Crippen molar-refractivity contribution in [3.8, 4) is 0 Å². The van der Waals surface area contributed by atoms with Gasteiger partial charge in [0.1, 0.15) is 0 Å². The maximum atomic E-state index is 6.29. The molecular weight excluding hydrogens is 238 g/mol. The fraction of sp³-hybridized carbons (Fsp3) is 1.00. The van der Waals surface area contributed by atoms with Crippen LogP contribution in [-0.4, -0.2) is 67.8 Å². The van der Waals surface area contributed by atoms with E-state index >= 15 is 0 Å². The first-order valence-corrected chi connectivity index (χ1v) is 7.86. The number of ether oxygens (including phenoxy) is 1. The highest BCUT2D eigenvalue weighted by molar-refractivity contribution is 5.06. The van der Waals surface area contributed by atoms with Gasteiger partial charge >= 0.3 is 0 Å². The molecule has 4 nitrogen and oxygen atoms in total. The fourth-order valence-electron chi connectivity index (χ4n) is 4.09. The molecule has 0 aromatic heterocycles. The molecule has 0 aromatic carbocycles. The van der Waals surface area contributed by atoms with Crippen LogP contribution in [0.15, 0.2) is 0 Å². The third-order valence-corrected chi connectivity index (χ3v) is 5.48. The number of hydrogen-bond acceptors (Lipinski definition) is 4. The van der Waals surface area contributed by atoms with E-state index in [0.29, 0.717) is 6.04 Å². The summed E-state index contributed by atoms with van der Waals surface area (Å²) in [5.74, 6) is 0.747. The highest BCUT2D eigenvalue weighted by Gasteiger charge is 2.49. The Balaban J connectivity index is 2.19. The molecule has 112 valence electrons. The van der Waals surface area contributed by atoms with E-state index in [2.05, 4.69) is 23.6 Å². The van der Waals surface area contributed by atoms with Crippen molar-refractivity contribution in [2.75, 3.05) is 46.4 Å². The quantitative estimate of drug-likeness (QED) is 0.753. The Bertz CT molecular complexity index is 287. The van der Waals surface area contributed by atoms with Crippen molar-refractivity contribution >= 4 is 0 Å². The number of piperidine rings is 1. The predicted molar refractivity (Wildman–Crippen MR) is 79.3 cm³/mol. The van der Waals surface area contributed by atoms with Gasteiger partial charge in [-0.05, 0) is 45.2 Å². The number of methoxy groups -OCH3 is 1. The SMILES string of the molecule is CCC(C)N(CCOC)C1(CN)CCN2CCC1C2. The first-order chi connectivity index (χ1) is 9.17. The summed E-state index contributed by atoms with van der Waals surface area (Å²) in [5, 5.41) is 0. The summed E-state index contributed by atoms with van der Waals surface area (Å²) in [6, 6.07) is 0.589. The fourth-order valence-corrected chi connectivity index (χ4v) is 4.09. The van der Waals surface area contributed by atoms with E-state index in [0.717, 1.165) is 25.6 Å². The van der Waals surface area contributed by atoms with Crippen LogP contribution in [0.2, 0.25) is 0 Å². The van der Waals surface area contributed by atoms with Gasteiger partial charge in [-0.1, -0.05) is 6.92 Å². The second kappa shape index (κ2) is 6.53. The molecule has 2 heterocycles. The topological polar surface area (TPSA) is 41.7 Å². The van der Waals surface area contributed by atoms with Crippen molar-refractivity contribution in [1.29, 1.82) is 0 Å². The summed E-state index contributed by atoms with van der Waals surface area (Å²) in [6.45, 7) is 11.0. The number of fused-ring (bicyclic) bond motifs is 2. The molecular formula is C15H31N3O. The maximum absolute atomic E-state index is 6.29. The van der Waals surface area contributed by atoms with Crippen LogP contribution in [0.1, 0.15) is 33.1 Å². The van der Waals surface area contributed by atoms with E-state index in [1.807, 2.05) is 0 Å². The van der Waals surface area contributed by atoms with Gasteiger partial charge in [0.15, 0.2) is 0 Å². The smallest absolute Gasteiger partial charge is 0.0590 e. The number of rotatable bonds is 7. The summed E-state index contributed by atoms with van der Waals surface area (Å²) in [5.41, 5.74) is 6.50. The molecule has 4 heteroatoms. The molecule has 2 N–H and O–H groups in total. The molecule has 4 unspecified atom stereocenters. The van der Waals surface area contributed by atoms with E-state index in [1.54, 1.807) is 7.11 Å². The molecule has 2 bridgehead atoms. The summed E-state index contributed by atoms with van der Waals surface area (Å²) >= 11 is 0. The van der Waals surface area contributed by atoms with Gasteiger partial charge < -0.3 is 15.4 Å². The summed E-state index contributed by atoms with van der Waals surface area (Å²) in [7, 11) is 1.79. The van der Waals surface area contributed by atoms with Crippen molar-refractivity contribution < 1.29 is 4.74 Å². The Labute approximate surface area is 118 Å². The normalized spacial score (nSPS) is 35.8. The van der Waals surface area contributed by atoms with Crippen LogP contribution in [-0.2, 0) is 4.74 Å². The van der Waals surface area contributed by atoms with Gasteiger partial charge in [-0.15, -0.1) is 0 Å². The molecule has 4 atom stereocenters. The molecule has 0 aliphatic carbocycles. The summed E-state index contributed by atoms with van der Waals surface area (Å²) in [4.78, 5) is 5.27. The minimum absolute atomic E-state index is 0.209. The van der Waals surface area contributed by atoms with Gasteiger partial charge in [-0.3, -0.25) is 4.90 Å². The zero-order chi connectivity index (χ0) is 13.9. The average Bonchev–Trinajstić information content (AvgIpc) is 2.85. The molecule has 2 rings (SSSR count). The van der Waals surface area contributed by atoms with Crippen LogP contribution in [0.25, 0.3) is 0 Å². The standard InChI is InChI=1S/C15H31N3O/c1-4-13(2)18(9-10-19-3)15(12-16)6-8-17-7-5-14(15)11-17/h13-14H,4-12,16H2,1-3H3. The predicted octanol–water partition coefficient (Wildman–Crippen LogP) is 1.16. The van der Waals surface area contributed by atoms with Crippen LogP contribution >= 0.6 is 0 Å². The Kier molecular flexibility index (Phi) is 5.23. The summed E-state index contributed by atoms with van der Waals surface area (Å²) in [6.07, 6.45) is 3.72. The monoisotopic (exact) mass is 269 g/mol. The maximum Gasteiger partial charge on any atom is 0.0590 e. The van der Waals surface area contributed by atoms with Gasteiger partial charge in [0.05, 0.1) is 6.61 Å². The molecule has 19 heavy (non-hydrogen) atoms. The Hall–Kier alpha value is -0.160. The molecule has 0 saturated carbocycles. The van der Waals surface area contributed by atoms with Crippen LogP contribution < -0.4 is 5.73 Å². The highest BCUT2D eigenvalue weighted by Crippen LogP contribution is 2.40. The molecule has 0 radical (unpaired) electrons. The molecule has 2 fully saturated rings. The van der Waals surface area contributed by atoms with Crippen LogP contribution in [0.3, 0.4) is 0 Å². The average molecular weight is 269 g/mol. The van der Waals surface area contributed by atoms with Crippen molar-refractivity contribution in [2.24, 2.45) is 11.7 Å². The van der Waals surface area contributed by atoms with Crippen molar-refractivity contribution in [3.63, 3.8) is 0 Å². The lowest BCUT2D eigenvalue weighted by atomic mass is 9.76. The van der Waals surface area contributed by atoms with Crippen LogP contribution in [0.4, 0.5) is 0 Å². The molecule has 2 aliphatic rings. The Morgan fingerprint density at radius 3 is 2.89 bits per heavy atom. The van der Waals surface area contributed by atoms with Crippen LogP contribution in [0.5, 0.6) is 0 Å². The zero-order valence-corrected chi connectivity index (χ0v) is 12.9. The van der Waals surface area contributed by atoms with Crippen molar-refractivity contribution in [3.05, 3.63) is 0 Å². The van der Waals surface area contributed by atoms with Gasteiger partial charge in [0, 0.05) is 38.3 Å². The van der Waals surface area contributed by atoms with Crippen molar-refractivity contribution in [2.45, 2.75) is 44.7 Å². The minimum Gasteiger partial charge on any atom is -0.383 e. The van der Waals surface area contributed by atoms with E-state index in [-0.39, 0.29) is 5.54 Å². The molecule has 0 aromatic rings. The van der Waals surface area contributed by atoms with Gasteiger partial charge in [-0.25, -0.2) is 0 Å². The second-order valence-electron chi connectivity index (χ2n) is 6.29. The highest BCUT2D eigenvalue weighted by atomic mass is 16.5. The minimum atomic E-state index is 0.209. The van der Waals surface area contributed by atoms with Gasteiger partial charge in [0.2, 0.25) is 0 Å². The van der Waals surface area contributed by atoms with Crippen LogP contribution in [0, 0.1) is 5.92 Å². The van der Waals surface area contributed by atoms with E-state index < -0.39 is 0 Å². The molecule has 0 amide bonds. The largest absolute Gasteiger partial charge is 0.383 e. The van der Waals surface area contributed by atoms with E-state index in [9.17, 15) is 0 Å². The second-order valence-corrected chi connectivity index (χ2v) is 6.29. The molecule has 2 saturated heterocycles. The Morgan fingerprint density at radius 1 is 1.47 bits per heavy atom. The molecule has 0 spiro atoms. The summed E-state index contributed by atoms with van der Waals surface area (Å²) < 4.78 is 5.33. The zero-order valence-electron chi connectivity index (χ0n) is 12.9. The number of hydrogen-bond donors (Lipinski definition) is 1. The third-order valence-electron chi connectivity index (χ3n) is 5.48. The lowest BCUT2D eigenvalue weighted by molar-refractivity contribution is -0.0311. The van der Waals surface area contributed by atoms with Gasteiger partial charge in [0.25, 0.3) is 0 Å². The van der Waals surface area contributed by atoms with E-state index in [4.69, 9.17) is 10.5 Å². The third kappa shape index (κ3) is 2.82. The van der Waals surface area contributed by atoms with Gasteiger partial charge in [-0.2, -0.15) is 0 Å². The lowest BCUT2D eigenvalue weighted by Crippen LogP contribution is -2.64. The Morgan fingerprint density at radius 2 is 2.26 bits per heavy atom. The number of nitrogens with zero attached hydrogens (tertiary/aromatic N) is 2.